The highest BCUT2D eigenvalue weighted by Crippen LogP contribution is 2.18. The fourth-order valence-corrected chi connectivity index (χ4v) is 1.30. The van der Waals surface area contributed by atoms with Crippen LogP contribution >= 0.6 is 12.2 Å². The second kappa shape index (κ2) is 6.17. The van der Waals surface area contributed by atoms with Gasteiger partial charge in [-0.3, -0.25) is 0 Å². The van der Waals surface area contributed by atoms with Gasteiger partial charge in [0.1, 0.15) is 12.4 Å². The molecule has 0 fully saturated rings. The van der Waals surface area contributed by atoms with E-state index in [9.17, 15) is 0 Å². The minimum atomic E-state index is 0.297. The number of nitrogens with one attached hydrogen (secondary N) is 1. The Bertz CT molecular complexity index is 355. The first kappa shape index (κ1) is 12.6. The van der Waals surface area contributed by atoms with Crippen LogP contribution in [0.5, 0.6) is 5.75 Å². The van der Waals surface area contributed by atoms with E-state index >= 15 is 0 Å². The van der Waals surface area contributed by atoms with Crippen molar-refractivity contribution in [2.75, 3.05) is 32.1 Å². The normalized spacial score (nSPS) is 9.62. The van der Waals surface area contributed by atoms with Gasteiger partial charge in [-0.2, -0.15) is 0 Å². The lowest BCUT2D eigenvalue weighted by Crippen LogP contribution is -2.32. The zero-order chi connectivity index (χ0) is 12.0. The summed E-state index contributed by atoms with van der Waals surface area (Å²) in [5, 5.41) is 3.12. The van der Waals surface area contributed by atoms with Gasteiger partial charge in [-0.1, -0.05) is 6.07 Å². The number of ether oxygens (including phenoxy) is 1. The summed E-state index contributed by atoms with van der Waals surface area (Å²) in [7, 11) is 3.99. The van der Waals surface area contributed by atoms with Crippen LogP contribution in [0.25, 0.3) is 0 Å². The Morgan fingerprint density at radius 2 is 2.25 bits per heavy atom. The molecular formula is C11H17N3OS. The summed E-state index contributed by atoms with van der Waals surface area (Å²) >= 11 is 4.69. The van der Waals surface area contributed by atoms with Gasteiger partial charge in [-0.15, -0.1) is 0 Å². The summed E-state index contributed by atoms with van der Waals surface area (Å²) in [6, 6.07) is 7.90. The summed E-state index contributed by atoms with van der Waals surface area (Å²) in [6.45, 7) is 1.15. The second-order valence-corrected chi connectivity index (χ2v) is 3.97. The molecule has 0 spiro atoms. The van der Waals surface area contributed by atoms with Gasteiger partial charge in [0.15, 0.2) is 5.11 Å². The maximum atomic E-state index is 5.54. The molecule has 1 aromatic carbocycles. The quantitative estimate of drug-likeness (QED) is 0.592. The van der Waals surface area contributed by atoms with E-state index < -0.39 is 0 Å². The summed E-state index contributed by atoms with van der Waals surface area (Å²) in [4.78, 5) is 2.03. The van der Waals surface area contributed by atoms with Crippen LogP contribution in [-0.4, -0.2) is 32.4 Å². The number of nitrogens with zero attached hydrogens (tertiary/aromatic N) is 1. The van der Waals surface area contributed by atoms with Crippen molar-refractivity contribution in [3.05, 3.63) is 24.3 Å². The molecule has 16 heavy (non-hydrogen) atoms. The standard InChI is InChI=1S/C11H17N3OS/c1-14(2)9-4-3-5-10(8-9)15-7-6-13-11(12)16/h3-5,8H,6-7H2,1-2H3,(H3,12,13,16). The maximum Gasteiger partial charge on any atom is 0.163 e. The molecule has 0 aliphatic carbocycles. The van der Waals surface area contributed by atoms with E-state index in [-0.39, 0.29) is 0 Å². The lowest BCUT2D eigenvalue weighted by Gasteiger charge is -2.14. The SMILES string of the molecule is CN(C)c1cccc(OCCNC(N)=S)c1. The number of thiocarbonyl (C=S) groups is 1. The predicted octanol–water partition coefficient (Wildman–Crippen LogP) is 0.965. The van der Waals surface area contributed by atoms with Crippen molar-refractivity contribution in [1.82, 2.24) is 5.32 Å². The van der Waals surface area contributed by atoms with Gasteiger partial charge in [0.2, 0.25) is 0 Å². The molecule has 88 valence electrons. The Labute approximate surface area is 101 Å². The molecule has 4 nitrogen and oxygen atoms in total. The van der Waals surface area contributed by atoms with Gasteiger partial charge in [0.05, 0.1) is 6.54 Å². The fourth-order valence-electron chi connectivity index (χ4n) is 1.19. The monoisotopic (exact) mass is 239 g/mol. The molecule has 3 N–H and O–H groups in total. The lowest BCUT2D eigenvalue weighted by atomic mass is 10.3. The summed E-state index contributed by atoms with van der Waals surface area (Å²) in [6.07, 6.45) is 0. The van der Waals surface area contributed by atoms with Gasteiger partial charge >= 0.3 is 0 Å². The largest absolute Gasteiger partial charge is 0.492 e. The first-order chi connectivity index (χ1) is 7.59. The molecule has 0 aromatic heterocycles. The van der Waals surface area contributed by atoms with Crippen molar-refractivity contribution in [3.8, 4) is 5.75 Å². The molecule has 0 unspecified atom stereocenters. The first-order valence-electron chi connectivity index (χ1n) is 5.03. The topological polar surface area (TPSA) is 50.5 Å². The van der Waals surface area contributed by atoms with Crippen molar-refractivity contribution in [3.63, 3.8) is 0 Å². The number of hydrogen-bond acceptors (Lipinski definition) is 3. The highest BCUT2D eigenvalue weighted by atomic mass is 32.1. The zero-order valence-corrected chi connectivity index (χ0v) is 10.4. The number of nitrogens with two attached hydrogens (primary N) is 1. The molecule has 1 aromatic rings. The molecule has 0 amide bonds. The van der Waals surface area contributed by atoms with E-state index in [0.29, 0.717) is 18.3 Å². The van der Waals surface area contributed by atoms with Gasteiger partial charge in [0, 0.05) is 25.8 Å². The van der Waals surface area contributed by atoms with Crippen molar-refractivity contribution in [2.24, 2.45) is 5.73 Å². The third kappa shape index (κ3) is 4.35. The number of hydrogen-bond donors (Lipinski definition) is 2. The molecule has 0 radical (unpaired) electrons. The molecule has 0 saturated heterocycles. The molecule has 1 rings (SSSR count). The zero-order valence-electron chi connectivity index (χ0n) is 9.56. The van der Waals surface area contributed by atoms with Gasteiger partial charge in [0.25, 0.3) is 0 Å². The smallest absolute Gasteiger partial charge is 0.163 e. The van der Waals surface area contributed by atoms with Crippen LogP contribution in [0.1, 0.15) is 0 Å². The highest BCUT2D eigenvalue weighted by Gasteiger charge is 1.98. The number of anilines is 1. The Balaban J connectivity index is 2.42. The minimum absolute atomic E-state index is 0.297. The van der Waals surface area contributed by atoms with Crippen LogP contribution in [0.4, 0.5) is 5.69 Å². The van der Waals surface area contributed by atoms with Crippen molar-refractivity contribution in [2.45, 2.75) is 0 Å². The van der Waals surface area contributed by atoms with Crippen LogP contribution in [0.15, 0.2) is 24.3 Å². The van der Waals surface area contributed by atoms with E-state index in [1.807, 2.05) is 43.3 Å². The predicted molar refractivity (Wildman–Crippen MR) is 71.1 cm³/mol. The van der Waals surface area contributed by atoms with Crippen LogP contribution in [0, 0.1) is 0 Å². The highest BCUT2D eigenvalue weighted by molar-refractivity contribution is 7.80. The molecule has 0 saturated carbocycles. The van der Waals surface area contributed by atoms with Crippen molar-refractivity contribution < 1.29 is 4.74 Å². The van der Waals surface area contributed by atoms with Crippen LogP contribution in [0.3, 0.4) is 0 Å². The van der Waals surface area contributed by atoms with E-state index in [1.54, 1.807) is 0 Å². The molecule has 0 aliphatic heterocycles. The summed E-state index contributed by atoms with van der Waals surface area (Å²) in [5.74, 6) is 0.843. The van der Waals surface area contributed by atoms with E-state index in [1.165, 1.54) is 0 Å². The van der Waals surface area contributed by atoms with Crippen molar-refractivity contribution in [1.29, 1.82) is 0 Å². The average molecular weight is 239 g/mol. The van der Waals surface area contributed by atoms with Crippen LogP contribution < -0.4 is 20.7 Å². The number of rotatable bonds is 5. The van der Waals surface area contributed by atoms with E-state index in [4.69, 9.17) is 10.5 Å². The Hall–Kier alpha value is -1.49. The molecule has 0 atom stereocenters. The molecular weight excluding hydrogens is 222 g/mol. The van der Waals surface area contributed by atoms with E-state index in [0.717, 1.165) is 11.4 Å². The molecule has 0 aliphatic rings. The van der Waals surface area contributed by atoms with Crippen molar-refractivity contribution >= 4 is 23.0 Å². The summed E-state index contributed by atoms with van der Waals surface area (Å²) < 4.78 is 5.54. The Morgan fingerprint density at radius 3 is 2.88 bits per heavy atom. The minimum Gasteiger partial charge on any atom is -0.492 e. The third-order valence-electron chi connectivity index (χ3n) is 2.00. The van der Waals surface area contributed by atoms with Gasteiger partial charge < -0.3 is 20.7 Å². The Kier molecular flexibility index (Phi) is 4.85. The Morgan fingerprint density at radius 1 is 1.50 bits per heavy atom. The average Bonchev–Trinajstić information content (AvgIpc) is 2.24. The van der Waals surface area contributed by atoms with Gasteiger partial charge in [-0.25, -0.2) is 0 Å². The molecule has 0 bridgehead atoms. The van der Waals surface area contributed by atoms with Crippen LogP contribution in [0.2, 0.25) is 0 Å². The number of benzene rings is 1. The molecule has 0 heterocycles. The van der Waals surface area contributed by atoms with Gasteiger partial charge in [-0.05, 0) is 24.4 Å². The third-order valence-corrected chi connectivity index (χ3v) is 2.15. The van der Waals surface area contributed by atoms with Crippen LogP contribution in [-0.2, 0) is 0 Å². The lowest BCUT2D eigenvalue weighted by molar-refractivity contribution is 0.322. The van der Waals surface area contributed by atoms with E-state index in [2.05, 4.69) is 17.5 Å². The first-order valence-corrected chi connectivity index (χ1v) is 5.44. The molecule has 5 heteroatoms. The second-order valence-electron chi connectivity index (χ2n) is 3.53. The maximum absolute atomic E-state index is 5.54. The fraction of sp³-hybridized carbons (Fsp3) is 0.364. The summed E-state index contributed by atoms with van der Waals surface area (Å²) in [5.41, 5.74) is 6.40.